The molecule has 146 valence electrons. The lowest BCUT2D eigenvalue weighted by molar-refractivity contribution is -0.131. The molecule has 2 aliphatic carbocycles. The van der Waals surface area contributed by atoms with Gasteiger partial charge in [-0.25, -0.2) is 4.90 Å². The third-order valence-electron chi connectivity index (χ3n) is 6.08. The average molecular weight is 370 g/mol. The molecule has 0 aromatic heterocycles. The SMILES string of the molecule is Cc1ccc(C(N)=O)cc1N(C(=O)C1CCCCC1)C(=O)C1CCCCC1. The highest BCUT2D eigenvalue weighted by Crippen LogP contribution is 2.33. The summed E-state index contributed by atoms with van der Waals surface area (Å²) < 4.78 is 0. The standard InChI is InChI=1S/C22H30N2O3/c1-15-12-13-18(20(23)25)14-19(15)24(21(26)16-8-4-2-5-9-16)22(27)17-10-6-3-7-11-17/h12-14,16-17H,2-11H2,1H3,(H2,23,25). The van der Waals surface area contributed by atoms with Crippen molar-refractivity contribution in [2.24, 2.45) is 17.6 Å². The molecule has 0 atom stereocenters. The fraction of sp³-hybridized carbons (Fsp3) is 0.591. The molecule has 5 nitrogen and oxygen atoms in total. The van der Waals surface area contributed by atoms with Crippen LogP contribution in [0.4, 0.5) is 5.69 Å². The van der Waals surface area contributed by atoms with Crippen LogP contribution >= 0.6 is 0 Å². The monoisotopic (exact) mass is 370 g/mol. The van der Waals surface area contributed by atoms with Crippen molar-refractivity contribution in [3.05, 3.63) is 29.3 Å². The van der Waals surface area contributed by atoms with E-state index in [-0.39, 0.29) is 23.7 Å². The van der Waals surface area contributed by atoms with E-state index >= 15 is 0 Å². The number of hydrogen-bond acceptors (Lipinski definition) is 3. The average Bonchev–Trinajstić information content (AvgIpc) is 2.70. The summed E-state index contributed by atoms with van der Waals surface area (Å²) in [7, 11) is 0. The number of aryl methyl sites for hydroxylation is 1. The Morgan fingerprint density at radius 2 is 1.33 bits per heavy atom. The van der Waals surface area contributed by atoms with Crippen LogP contribution in [0.3, 0.4) is 0 Å². The molecule has 2 N–H and O–H groups in total. The minimum Gasteiger partial charge on any atom is -0.366 e. The fourth-order valence-electron chi connectivity index (χ4n) is 4.41. The number of primary amides is 1. The van der Waals surface area contributed by atoms with Crippen LogP contribution in [0.15, 0.2) is 18.2 Å². The van der Waals surface area contributed by atoms with Crippen molar-refractivity contribution in [2.75, 3.05) is 4.90 Å². The Balaban J connectivity index is 1.98. The number of carbonyl (C=O) groups excluding carboxylic acids is 3. The molecule has 3 amide bonds. The number of anilines is 1. The van der Waals surface area contributed by atoms with Gasteiger partial charge in [0.1, 0.15) is 0 Å². The second-order valence-electron chi connectivity index (χ2n) is 8.05. The van der Waals surface area contributed by atoms with E-state index in [1.165, 1.54) is 4.90 Å². The number of imide groups is 1. The maximum Gasteiger partial charge on any atom is 0.248 e. The number of nitrogens with two attached hydrogens (primary N) is 1. The van der Waals surface area contributed by atoms with E-state index in [1.807, 2.05) is 6.92 Å². The Morgan fingerprint density at radius 3 is 1.78 bits per heavy atom. The first-order chi connectivity index (χ1) is 13.0. The summed E-state index contributed by atoms with van der Waals surface area (Å²) in [5, 5.41) is 0. The molecule has 27 heavy (non-hydrogen) atoms. The predicted molar refractivity (Wildman–Crippen MR) is 105 cm³/mol. The second kappa shape index (κ2) is 8.68. The van der Waals surface area contributed by atoms with Gasteiger partial charge in [0.25, 0.3) is 0 Å². The third kappa shape index (κ3) is 4.40. The van der Waals surface area contributed by atoms with Gasteiger partial charge in [0.2, 0.25) is 17.7 Å². The van der Waals surface area contributed by atoms with E-state index in [9.17, 15) is 14.4 Å². The second-order valence-corrected chi connectivity index (χ2v) is 8.05. The summed E-state index contributed by atoms with van der Waals surface area (Å²) in [5.74, 6) is -0.970. The molecule has 0 aliphatic heterocycles. The summed E-state index contributed by atoms with van der Waals surface area (Å²) in [6.07, 6.45) is 9.76. The van der Waals surface area contributed by atoms with Gasteiger partial charge in [0.15, 0.2) is 0 Å². The Labute approximate surface area is 161 Å². The van der Waals surface area contributed by atoms with Gasteiger partial charge < -0.3 is 5.73 Å². The zero-order valence-electron chi connectivity index (χ0n) is 16.2. The summed E-state index contributed by atoms with van der Waals surface area (Å²) in [5.41, 5.74) is 7.11. The number of nitrogens with zero attached hydrogens (tertiary/aromatic N) is 1. The third-order valence-corrected chi connectivity index (χ3v) is 6.08. The predicted octanol–water partition coefficient (Wildman–Crippen LogP) is 4.11. The Hall–Kier alpha value is -2.17. The number of amides is 3. The van der Waals surface area contributed by atoms with Crippen molar-refractivity contribution in [3.63, 3.8) is 0 Å². The first-order valence-corrected chi connectivity index (χ1v) is 10.3. The van der Waals surface area contributed by atoms with Gasteiger partial charge in [-0.05, 0) is 50.3 Å². The number of benzene rings is 1. The summed E-state index contributed by atoms with van der Waals surface area (Å²) in [6, 6.07) is 5.03. The van der Waals surface area contributed by atoms with Crippen LogP contribution < -0.4 is 10.6 Å². The van der Waals surface area contributed by atoms with Crippen LogP contribution in [0.1, 0.15) is 80.1 Å². The molecule has 3 rings (SSSR count). The molecule has 0 bridgehead atoms. The van der Waals surface area contributed by atoms with Crippen molar-refractivity contribution in [1.29, 1.82) is 0 Å². The minimum absolute atomic E-state index is 0.102. The zero-order chi connectivity index (χ0) is 19.4. The lowest BCUT2D eigenvalue weighted by Gasteiger charge is -2.32. The summed E-state index contributed by atoms with van der Waals surface area (Å²) in [4.78, 5) is 39.9. The minimum atomic E-state index is -0.550. The molecular weight excluding hydrogens is 340 g/mol. The van der Waals surface area contributed by atoms with Gasteiger partial charge in [-0.1, -0.05) is 44.6 Å². The molecule has 2 saturated carbocycles. The highest BCUT2D eigenvalue weighted by molar-refractivity contribution is 6.17. The van der Waals surface area contributed by atoms with E-state index < -0.39 is 5.91 Å². The molecule has 2 aliphatic rings. The van der Waals surface area contributed by atoms with E-state index in [0.717, 1.165) is 69.8 Å². The van der Waals surface area contributed by atoms with Crippen LogP contribution in [-0.2, 0) is 9.59 Å². The normalized spacial score (nSPS) is 18.9. The quantitative estimate of drug-likeness (QED) is 0.810. The van der Waals surface area contributed by atoms with Crippen molar-refractivity contribution < 1.29 is 14.4 Å². The molecule has 2 fully saturated rings. The van der Waals surface area contributed by atoms with E-state index in [1.54, 1.807) is 18.2 Å². The van der Waals surface area contributed by atoms with Gasteiger partial charge in [0.05, 0.1) is 5.69 Å². The van der Waals surface area contributed by atoms with Crippen LogP contribution in [0.25, 0.3) is 0 Å². The lowest BCUT2D eigenvalue weighted by Crippen LogP contribution is -2.45. The van der Waals surface area contributed by atoms with Crippen molar-refractivity contribution >= 4 is 23.4 Å². The molecule has 0 unspecified atom stereocenters. The number of carbonyl (C=O) groups is 3. The molecule has 0 spiro atoms. The molecule has 0 saturated heterocycles. The largest absolute Gasteiger partial charge is 0.366 e. The fourth-order valence-corrected chi connectivity index (χ4v) is 4.41. The Kier molecular flexibility index (Phi) is 6.30. The molecule has 1 aromatic rings. The molecular formula is C22H30N2O3. The van der Waals surface area contributed by atoms with Crippen LogP contribution in [0.2, 0.25) is 0 Å². The van der Waals surface area contributed by atoms with Gasteiger partial charge >= 0.3 is 0 Å². The molecule has 5 heteroatoms. The van der Waals surface area contributed by atoms with E-state index in [4.69, 9.17) is 5.73 Å². The Bertz CT molecular complexity index is 686. The highest BCUT2D eigenvalue weighted by Gasteiger charge is 2.36. The van der Waals surface area contributed by atoms with Crippen molar-refractivity contribution in [3.8, 4) is 0 Å². The molecule has 0 heterocycles. The topological polar surface area (TPSA) is 80.5 Å². The highest BCUT2D eigenvalue weighted by atomic mass is 16.2. The van der Waals surface area contributed by atoms with Gasteiger partial charge in [-0.15, -0.1) is 0 Å². The van der Waals surface area contributed by atoms with Gasteiger partial charge in [-0.3, -0.25) is 14.4 Å². The number of rotatable bonds is 4. The summed E-state index contributed by atoms with van der Waals surface area (Å²) in [6.45, 7) is 1.87. The maximum atomic E-state index is 13.4. The molecule has 0 radical (unpaired) electrons. The van der Waals surface area contributed by atoms with Crippen LogP contribution in [-0.4, -0.2) is 17.7 Å². The van der Waals surface area contributed by atoms with Gasteiger partial charge in [0, 0.05) is 17.4 Å². The Morgan fingerprint density at radius 1 is 0.852 bits per heavy atom. The lowest BCUT2D eigenvalue weighted by atomic mass is 9.85. The van der Waals surface area contributed by atoms with Gasteiger partial charge in [-0.2, -0.15) is 0 Å². The van der Waals surface area contributed by atoms with Crippen molar-refractivity contribution in [1.82, 2.24) is 0 Å². The first kappa shape index (κ1) is 19.6. The van der Waals surface area contributed by atoms with Crippen LogP contribution in [0, 0.1) is 18.8 Å². The smallest absolute Gasteiger partial charge is 0.248 e. The van der Waals surface area contributed by atoms with Crippen molar-refractivity contribution in [2.45, 2.75) is 71.1 Å². The summed E-state index contributed by atoms with van der Waals surface area (Å²) >= 11 is 0. The van der Waals surface area contributed by atoms with E-state index in [2.05, 4.69) is 0 Å². The van der Waals surface area contributed by atoms with E-state index in [0.29, 0.717) is 11.3 Å². The first-order valence-electron chi connectivity index (χ1n) is 10.3. The molecule has 1 aromatic carbocycles. The van der Waals surface area contributed by atoms with Crippen LogP contribution in [0.5, 0.6) is 0 Å². The number of hydrogen-bond donors (Lipinski definition) is 1. The maximum absolute atomic E-state index is 13.4. The zero-order valence-corrected chi connectivity index (χ0v) is 16.2.